The summed E-state index contributed by atoms with van der Waals surface area (Å²) in [5, 5.41) is 10.7. The molecule has 1 aromatic rings. The first-order chi connectivity index (χ1) is 17.3. The lowest BCUT2D eigenvalue weighted by Gasteiger charge is -2.42. The third-order valence-electron chi connectivity index (χ3n) is 6.82. The van der Waals surface area contributed by atoms with E-state index in [0.717, 1.165) is 39.0 Å². The number of thioether (sulfide) groups is 1. The van der Waals surface area contributed by atoms with Gasteiger partial charge in [0.2, 0.25) is 0 Å². The van der Waals surface area contributed by atoms with E-state index in [-0.39, 0.29) is 23.3 Å². The van der Waals surface area contributed by atoms with Gasteiger partial charge in [-0.1, -0.05) is 54.0 Å². The fourth-order valence-electron chi connectivity index (χ4n) is 4.57. The van der Waals surface area contributed by atoms with Gasteiger partial charge in [0.05, 0.1) is 34.3 Å². The van der Waals surface area contributed by atoms with Crippen molar-refractivity contribution in [2.45, 2.75) is 50.2 Å². The van der Waals surface area contributed by atoms with E-state index >= 15 is 0 Å². The van der Waals surface area contributed by atoms with Crippen molar-refractivity contribution >= 4 is 47.5 Å². The van der Waals surface area contributed by atoms with Crippen LogP contribution in [0, 0.1) is 16.7 Å². The highest BCUT2D eigenvalue weighted by Crippen LogP contribution is 2.42. The van der Waals surface area contributed by atoms with Crippen LogP contribution in [-0.4, -0.2) is 67.9 Å². The number of benzene rings is 1. The number of hydrogen-bond donors (Lipinski definition) is 1. The predicted octanol–water partition coefficient (Wildman–Crippen LogP) is 5.56. The standard InChI is InChI=1S/C26H34Cl2N6OS/c1-5-6-12-32-25(23(20(15-29)31-3)36-21-9-7-8-19(27)22(21)28)33(4)17-34-13-10-26(11-14-34)16-35-18(2)24(26)30/h6-9,12,18,24H,3,5,10-11,13-14,16-17,30H2,1-2,4H3/b12-6+,23-20+,32-25-. The molecule has 2 N–H and O–H groups in total. The number of aliphatic imine (C=N–C) groups is 2. The molecule has 1 spiro atoms. The van der Waals surface area contributed by atoms with Gasteiger partial charge in [0.1, 0.15) is 11.9 Å². The highest BCUT2D eigenvalue weighted by atomic mass is 35.5. The summed E-state index contributed by atoms with van der Waals surface area (Å²) in [6.45, 7) is 10.9. The molecule has 7 nitrogen and oxygen atoms in total. The van der Waals surface area contributed by atoms with E-state index in [0.29, 0.717) is 32.4 Å². The second kappa shape index (κ2) is 13.1. The van der Waals surface area contributed by atoms with Gasteiger partial charge in [-0.05, 0) is 45.0 Å². The minimum Gasteiger partial charge on any atom is -0.376 e. The molecule has 194 valence electrons. The highest BCUT2D eigenvalue weighted by Gasteiger charge is 2.47. The maximum atomic E-state index is 9.85. The van der Waals surface area contributed by atoms with Gasteiger partial charge in [-0.25, -0.2) is 4.99 Å². The molecule has 0 bridgehead atoms. The number of likely N-dealkylation sites (tertiary alicyclic amines) is 1. The third-order valence-corrected chi connectivity index (χ3v) is 8.89. The van der Waals surface area contributed by atoms with Crippen molar-refractivity contribution in [2.75, 3.05) is 33.4 Å². The van der Waals surface area contributed by atoms with Gasteiger partial charge in [0.25, 0.3) is 0 Å². The van der Waals surface area contributed by atoms with Gasteiger partial charge in [0, 0.05) is 42.7 Å². The molecular formula is C26H34Cl2N6OS. The second-order valence-electron chi connectivity index (χ2n) is 9.21. The molecule has 2 saturated heterocycles. The van der Waals surface area contributed by atoms with Crippen molar-refractivity contribution in [3.05, 3.63) is 51.1 Å². The quantitative estimate of drug-likeness (QED) is 0.198. The molecule has 0 radical (unpaired) electrons. The van der Waals surface area contributed by atoms with E-state index in [1.807, 2.05) is 37.1 Å². The molecule has 2 unspecified atom stereocenters. The number of nitrogens with zero attached hydrogens (tertiary/aromatic N) is 5. The summed E-state index contributed by atoms with van der Waals surface area (Å²) in [7, 11) is 1.97. The van der Waals surface area contributed by atoms with Crippen molar-refractivity contribution in [1.29, 1.82) is 5.26 Å². The number of rotatable bonds is 8. The molecule has 1 aromatic carbocycles. The number of ether oxygens (including phenoxy) is 1. The lowest BCUT2D eigenvalue weighted by atomic mass is 9.73. The van der Waals surface area contributed by atoms with Gasteiger partial charge < -0.3 is 15.4 Å². The Morgan fingerprint density at radius 1 is 1.42 bits per heavy atom. The van der Waals surface area contributed by atoms with Crippen LogP contribution >= 0.6 is 35.0 Å². The molecular weight excluding hydrogens is 515 g/mol. The first kappa shape index (κ1) is 28.7. The third kappa shape index (κ3) is 6.52. The molecule has 2 fully saturated rings. The number of allylic oxidation sites excluding steroid dienone is 2. The van der Waals surface area contributed by atoms with Crippen LogP contribution < -0.4 is 5.73 Å². The summed E-state index contributed by atoms with van der Waals surface area (Å²) in [6.07, 6.45) is 6.63. The Morgan fingerprint density at radius 2 is 2.14 bits per heavy atom. The van der Waals surface area contributed by atoms with Crippen LogP contribution in [0.1, 0.15) is 33.1 Å². The molecule has 2 heterocycles. The number of amidine groups is 1. The fraction of sp³-hybridized carbons (Fsp3) is 0.500. The maximum Gasteiger partial charge on any atom is 0.157 e. The Balaban J connectivity index is 1.86. The van der Waals surface area contributed by atoms with Crippen molar-refractivity contribution in [1.82, 2.24) is 9.80 Å². The van der Waals surface area contributed by atoms with E-state index in [9.17, 15) is 5.26 Å². The molecule has 3 rings (SSSR count). The largest absolute Gasteiger partial charge is 0.376 e. The summed E-state index contributed by atoms with van der Waals surface area (Å²) in [6, 6.07) is 7.63. The number of likely N-dealkylation sites (N-methyl/N-ethyl adjacent to an activating group) is 1. The average Bonchev–Trinajstić information content (AvgIpc) is 3.14. The van der Waals surface area contributed by atoms with E-state index in [2.05, 4.69) is 29.6 Å². The van der Waals surface area contributed by atoms with Crippen LogP contribution in [0.15, 0.2) is 56.0 Å². The SMILES string of the molecule is C=N\C(C#N)=C(Sc1cccc(Cl)c1Cl)/C(=N/C=C/CC)N(C)CN1CCC2(CC1)COC(C)C2N. The van der Waals surface area contributed by atoms with E-state index in [1.165, 1.54) is 11.8 Å². The number of halogens is 2. The Morgan fingerprint density at radius 3 is 2.72 bits per heavy atom. The fourth-order valence-corrected chi connectivity index (χ4v) is 6.11. The number of nitriles is 1. The van der Waals surface area contributed by atoms with Gasteiger partial charge in [-0.3, -0.25) is 9.89 Å². The molecule has 10 heteroatoms. The molecule has 2 atom stereocenters. The zero-order valence-corrected chi connectivity index (χ0v) is 23.4. The Hall–Kier alpha value is -1.86. The average molecular weight is 550 g/mol. The molecule has 36 heavy (non-hydrogen) atoms. The van der Waals surface area contributed by atoms with E-state index < -0.39 is 0 Å². The minimum atomic E-state index is 0.0558. The molecule has 0 amide bonds. The van der Waals surface area contributed by atoms with Gasteiger partial charge in [-0.2, -0.15) is 5.26 Å². The van der Waals surface area contributed by atoms with E-state index in [1.54, 1.807) is 12.3 Å². The Bertz CT molecular complexity index is 1070. The van der Waals surface area contributed by atoms with Gasteiger partial charge >= 0.3 is 0 Å². The number of piperidine rings is 1. The summed E-state index contributed by atoms with van der Waals surface area (Å²) in [5.74, 6) is 0.611. The maximum absolute atomic E-state index is 9.85. The predicted molar refractivity (Wildman–Crippen MR) is 151 cm³/mol. The van der Waals surface area contributed by atoms with Crippen LogP contribution in [-0.2, 0) is 4.74 Å². The molecule has 0 saturated carbocycles. The van der Waals surface area contributed by atoms with Crippen molar-refractivity contribution < 1.29 is 4.74 Å². The second-order valence-corrected chi connectivity index (χ2v) is 11.0. The van der Waals surface area contributed by atoms with Crippen LogP contribution in [0.4, 0.5) is 0 Å². The Kier molecular flexibility index (Phi) is 10.4. The lowest BCUT2D eigenvalue weighted by molar-refractivity contribution is 0.0563. The monoisotopic (exact) mass is 548 g/mol. The van der Waals surface area contributed by atoms with Crippen molar-refractivity contribution in [2.24, 2.45) is 21.1 Å². The number of hydrogen-bond acceptors (Lipinski definition) is 7. The topological polar surface area (TPSA) is 90.2 Å². The Labute approximate surface area is 228 Å². The first-order valence-corrected chi connectivity index (χ1v) is 13.6. The molecule has 2 aliphatic heterocycles. The van der Waals surface area contributed by atoms with Crippen molar-refractivity contribution in [3.8, 4) is 6.07 Å². The number of nitrogens with two attached hydrogens (primary N) is 1. The zero-order valence-electron chi connectivity index (χ0n) is 21.1. The summed E-state index contributed by atoms with van der Waals surface area (Å²) in [4.78, 5) is 14.4. The van der Waals surface area contributed by atoms with Crippen molar-refractivity contribution in [3.63, 3.8) is 0 Å². The van der Waals surface area contributed by atoms with Crippen LogP contribution in [0.3, 0.4) is 0 Å². The van der Waals surface area contributed by atoms with Gasteiger partial charge in [0.15, 0.2) is 5.70 Å². The zero-order chi connectivity index (χ0) is 26.3. The summed E-state index contributed by atoms with van der Waals surface area (Å²) >= 11 is 14.0. The lowest BCUT2D eigenvalue weighted by Crippen LogP contribution is -2.52. The highest BCUT2D eigenvalue weighted by molar-refractivity contribution is 8.04. The molecule has 0 aromatic heterocycles. The van der Waals surface area contributed by atoms with Crippen LogP contribution in [0.5, 0.6) is 0 Å². The molecule has 2 aliphatic rings. The summed E-state index contributed by atoms with van der Waals surface area (Å²) in [5.41, 5.74) is 6.72. The normalized spacial score (nSPS) is 23.1. The van der Waals surface area contributed by atoms with E-state index in [4.69, 9.17) is 38.7 Å². The smallest absolute Gasteiger partial charge is 0.157 e. The minimum absolute atomic E-state index is 0.0558. The van der Waals surface area contributed by atoms with Crippen LogP contribution in [0.2, 0.25) is 10.0 Å². The first-order valence-electron chi connectivity index (χ1n) is 12.0. The molecule has 0 aliphatic carbocycles. The summed E-state index contributed by atoms with van der Waals surface area (Å²) < 4.78 is 5.87. The van der Waals surface area contributed by atoms with Gasteiger partial charge in [-0.15, -0.1) is 0 Å². The van der Waals surface area contributed by atoms with Crippen LogP contribution in [0.25, 0.3) is 0 Å².